The van der Waals surface area contributed by atoms with Crippen molar-refractivity contribution >= 4 is 6.29 Å². The Kier molecular flexibility index (Phi) is 5.79. The van der Waals surface area contributed by atoms with Crippen molar-refractivity contribution in [1.29, 1.82) is 0 Å². The molecule has 1 N–H and O–H groups in total. The molecular formula is C24H29NO3. The van der Waals surface area contributed by atoms with E-state index in [0.29, 0.717) is 25.4 Å². The van der Waals surface area contributed by atoms with Crippen LogP contribution in [0.15, 0.2) is 48.5 Å². The summed E-state index contributed by atoms with van der Waals surface area (Å²) in [6.07, 6.45) is 4.82. The number of ether oxygens (including phenoxy) is 1. The van der Waals surface area contributed by atoms with Crippen LogP contribution in [0.5, 0.6) is 5.75 Å². The highest BCUT2D eigenvalue weighted by atomic mass is 16.5. The van der Waals surface area contributed by atoms with Gasteiger partial charge in [0.15, 0.2) is 0 Å². The first-order valence-corrected chi connectivity index (χ1v) is 10.3. The molecule has 148 valence electrons. The number of carbonyl (C=O) groups excluding carboxylic acids is 1. The van der Waals surface area contributed by atoms with E-state index in [1.165, 1.54) is 24.9 Å². The van der Waals surface area contributed by atoms with Crippen molar-refractivity contribution in [2.75, 3.05) is 32.8 Å². The van der Waals surface area contributed by atoms with Gasteiger partial charge in [-0.05, 0) is 42.4 Å². The third-order valence-corrected chi connectivity index (χ3v) is 6.02. The average molecular weight is 380 g/mol. The highest BCUT2D eigenvalue weighted by Gasteiger charge is 2.48. The Morgan fingerprint density at radius 2 is 1.89 bits per heavy atom. The number of carbonyl (C=O) groups is 1. The first kappa shape index (κ1) is 19.2. The number of phenols is 1. The van der Waals surface area contributed by atoms with Gasteiger partial charge < -0.3 is 19.5 Å². The smallest absolute Gasteiger partial charge is 0.122 e. The maximum absolute atomic E-state index is 10.7. The minimum atomic E-state index is -0.144. The molecule has 0 aromatic heterocycles. The van der Waals surface area contributed by atoms with E-state index in [2.05, 4.69) is 35.2 Å². The summed E-state index contributed by atoms with van der Waals surface area (Å²) >= 11 is 0. The van der Waals surface area contributed by atoms with Gasteiger partial charge in [-0.3, -0.25) is 0 Å². The Morgan fingerprint density at radius 3 is 2.61 bits per heavy atom. The molecule has 1 heterocycles. The topological polar surface area (TPSA) is 49.8 Å². The van der Waals surface area contributed by atoms with Crippen LogP contribution in [0, 0.1) is 5.92 Å². The molecule has 2 aromatic carbocycles. The van der Waals surface area contributed by atoms with Crippen LogP contribution >= 0.6 is 0 Å². The number of rotatable bonds is 10. The Bertz CT molecular complexity index is 795. The average Bonchev–Trinajstić information content (AvgIpc) is 3.50. The zero-order chi connectivity index (χ0) is 19.4. The molecule has 0 amide bonds. The summed E-state index contributed by atoms with van der Waals surface area (Å²) in [5.74, 6) is 1.25. The fourth-order valence-electron chi connectivity index (χ4n) is 4.32. The van der Waals surface area contributed by atoms with Gasteiger partial charge in [0.1, 0.15) is 12.0 Å². The monoisotopic (exact) mass is 379 g/mol. The molecule has 2 aliphatic rings. The van der Waals surface area contributed by atoms with E-state index in [-0.39, 0.29) is 5.41 Å². The van der Waals surface area contributed by atoms with E-state index in [0.717, 1.165) is 42.8 Å². The van der Waals surface area contributed by atoms with Crippen LogP contribution in [0.3, 0.4) is 0 Å². The zero-order valence-electron chi connectivity index (χ0n) is 16.3. The summed E-state index contributed by atoms with van der Waals surface area (Å²) in [6, 6.07) is 16.5. The molecule has 4 nitrogen and oxygen atoms in total. The normalized spacial score (nSPS) is 18.6. The lowest BCUT2D eigenvalue weighted by Gasteiger charge is -2.51. The third-order valence-electron chi connectivity index (χ3n) is 6.02. The fourth-order valence-corrected chi connectivity index (χ4v) is 4.32. The maximum Gasteiger partial charge on any atom is 0.122 e. The Balaban J connectivity index is 1.54. The van der Waals surface area contributed by atoms with Gasteiger partial charge in [-0.15, -0.1) is 0 Å². The van der Waals surface area contributed by atoms with Gasteiger partial charge in [-0.25, -0.2) is 0 Å². The molecule has 0 radical (unpaired) electrons. The van der Waals surface area contributed by atoms with Crippen molar-refractivity contribution in [1.82, 2.24) is 4.90 Å². The van der Waals surface area contributed by atoms with E-state index in [1.54, 1.807) is 0 Å². The number of aldehydes is 1. The van der Waals surface area contributed by atoms with Crippen molar-refractivity contribution in [3.05, 3.63) is 65.2 Å². The first-order chi connectivity index (χ1) is 13.7. The zero-order valence-corrected chi connectivity index (χ0v) is 16.3. The van der Waals surface area contributed by atoms with Crippen molar-refractivity contribution < 1.29 is 14.6 Å². The maximum atomic E-state index is 10.7. The molecule has 1 aliphatic carbocycles. The van der Waals surface area contributed by atoms with E-state index in [9.17, 15) is 9.90 Å². The van der Waals surface area contributed by atoms with Gasteiger partial charge in [-0.1, -0.05) is 42.5 Å². The van der Waals surface area contributed by atoms with Crippen LogP contribution < -0.4 is 0 Å². The van der Waals surface area contributed by atoms with Gasteiger partial charge in [0.05, 0.1) is 13.2 Å². The lowest BCUT2D eigenvalue weighted by molar-refractivity contribution is -0.108. The second kappa shape index (κ2) is 8.46. The minimum absolute atomic E-state index is 0.144. The SMILES string of the molecule is O=CCCOCCc1ccc(O)c(C2(c3ccccc3)CN(CC3CC3)C2)c1. The fraction of sp³-hybridized carbons (Fsp3) is 0.458. The second-order valence-corrected chi connectivity index (χ2v) is 8.23. The second-order valence-electron chi connectivity index (χ2n) is 8.23. The van der Waals surface area contributed by atoms with Gasteiger partial charge in [0.2, 0.25) is 0 Å². The number of nitrogens with zero attached hydrogens (tertiary/aromatic N) is 1. The van der Waals surface area contributed by atoms with Gasteiger partial charge in [-0.2, -0.15) is 0 Å². The van der Waals surface area contributed by atoms with Crippen LogP contribution in [0.4, 0.5) is 0 Å². The predicted octanol–water partition coefficient (Wildman–Crippen LogP) is 3.55. The minimum Gasteiger partial charge on any atom is -0.508 e. The summed E-state index contributed by atoms with van der Waals surface area (Å²) < 4.78 is 5.52. The molecule has 0 atom stereocenters. The van der Waals surface area contributed by atoms with Crippen LogP contribution in [0.2, 0.25) is 0 Å². The molecule has 1 saturated carbocycles. The summed E-state index contributed by atoms with van der Waals surface area (Å²) in [7, 11) is 0. The summed E-state index contributed by atoms with van der Waals surface area (Å²) in [6.45, 7) is 4.16. The van der Waals surface area contributed by atoms with E-state index in [4.69, 9.17) is 4.74 Å². The molecule has 0 bridgehead atoms. The third kappa shape index (κ3) is 4.13. The highest BCUT2D eigenvalue weighted by molar-refractivity contribution is 5.51. The lowest BCUT2D eigenvalue weighted by Crippen LogP contribution is -2.60. The molecule has 4 rings (SSSR count). The van der Waals surface area contributed by atoms with Gasteiger partial charge in [0, 0.05) is 37.0 Å². The summed E-state index contributed by atoms with van der Waals surface area (Å²) in [5.41, 5.74) is 3.32. The van der Waals surface area contributed by atoms with E-state index >= 15 is 0 Å². The number of benzene rings is 2. The van der Waals surface area contributed by atoms with Crippen molar-refractivity contribution in [3.63, 3.8) is 0 Å². The van der Waals surface area contributed by atoms with Gasteiger partial charge >= 0.3 is 0 Å². The number of hydrogen-bond donors (Lipinski definition) is 1. The standard InChI is InChI=1S/C24H29NO3/c26-12-4-13-28-14-11-19-9-10-23(27)22(15-19)24(21-5-2-1-3-6-21)17-25(18-24)16-20-7-8-20/h1-3,5-6,9-10,12,15,20,27H,4,7-8,11,13-14,16-18H2. The highest BCUT2D eigenvalue weighted by Crippen LogP contribution is 2.46. The molecule has 2 fully saturated rings. The number of phenolic OH excluding ortho intramolecular Hbond substituents is 1. The quantitative estimate of drug-likeness (QED) is 0.507. The molecule has 0 spiro atoms. The Hall–Kier alpha value is -2.17. The van der Waals surface area contributed by atoms with Crippen molar-refractivity contribution in [3.8, 4) is 5.75 Å². The summed E-state index contributed by atoms with van der Waals surface area (Å²) in [4.78, 5) is 12.9. The molecule has 1 saturated heterocycles. The van der Waals surface area contributed by atoms with Crippen molar-refractivity contribution in [2.45, 2.75) is 31.1 Å². The number of hydrogen-bond acceptors (Lipinski definition) is 4. The molecule has 0 unspecified atom stereocenters. The van der Waals surface area contributed by atoms with Gasteiger partial charge in [0.25, 0.3) is 0 Å². The Labute approximate surface area is 167 Å². The Morgan fingerprint density at radius 1 is 1.11 bits per heavy atom. The van der Waals surface area contributed by atoms with Crippen LogP contribution in [0.25, 0.3) is 0 Å². The number of likely N-dealkylation sites (tertiary alicyclic amines) is 1. The first-order valence-electron chi connectivity index (χ1n) is 10.3. The predicted molar refractivity (Wildman–Crippen MR) is 110 cm³/mol. The molecular weight excluding hydrogens is 350 g/mol. The van der Waals surface area contributed by atoms with E-state index in [1.807, 2.05) is 18.2 Å². The molecule has 4 heteroatoms. The lowest BCUT2D eigenvalue weighted by atomic mass is 9.68. The number of aromatic hydroxyl groups is 1. The van der Waals surface area contributed by atoms with E-state index < -0.39 is 0 Å². The summed E-state index contributed by atoms with van der Waals surface area (Å²) in [5, 5.41) is 10.7. The van der Waals surface area contributed by atoms with Crippen LogP contribution in [-0.4, -0.2) is 49.1 Å². The molecule has 2 aromatic rings. The molecule has 28 heavy (non-hydrogen) atoms. The van der Waals surface area contributed by atoms with Crippen LogP contribution in [-0.2, 0) is 21.4 Å². The van der Waals surface area contributed by atoms with Crippen LogP contribution in [0.1, 0.15) is 36.0 Å². The van der Waals surface area contributed by atoms with Crippen molar-refractivity contribution in [2.24, 2.45) is 5.92 Å². The largest absolute Gasteiger partial charge is 0.508 e. The molecule has 1 aliphatic heterocycles.